The van der Waals surface area contributed by atoms with Gasteiger partial charge in [0, 0.05) is 18.4 Å². The molecule has 1 aromatic heterocycles. The highest BCUT2D eigenvalue weighted by atomic mass is 35.5. The predicted octanol–water partition coefficient (Wildman–Crippen LogP) is 1.42. The van der Waals surface area contributed by atoms with Gasteiger partial charge in [0.15, 0.2) is 0 Å². The van der Waals surface area contributed by atoms with E-state index in [0.717, 1.165) is 12.8 Å². The highest BCUT2D eigenvalue weighted by molar-refractivity contribution is 6.33. The first-order chi connectivity index (χ1) is 8.09. The Morgan fingerprint density at radius 1 is 1.53 bits per heavy atom. The van der Waals surface area contributed by atoms with Gasteiger partial charge in [0.2, 0.25) is 0 Å². The van der Waals surface area contributed by atoms with Crippen LogP contribution >= 0.6 is 11.6 Å². The highest BCUT2D eigenvalue weighted by Gasteiger charge is 2.34. The highest BCUT2D eigenvalue weighted by Crippen LogP contribution is 2.29. The molecule has 1 N–H and O–H groups in total. The van der Waals surface area contributed by atoms with Gasteiger partial charge in [-0.25, -0.2) is 0 Å². The van der Waals surface area contributed by atoms with Crippen LogP contribution in [0.2, 0.25) is 5.02 Å². The fraction of sp³-hybridized carbons (Fsp3) is 0.364. The monoisotopic (exact) mass is 254 g/mol. The number of carboxylic acids is 1. The van der Waals surface area contributed by atoms with Crippen LogP contribution in [0.15, 0.2) is 18.5 Å². The zero-order valence-corrected chi connectivity index (χ0v) is 9.72. The fourth-order valence-corrected chi connectivity index (χ4v) is 1.77. The molecule has 0 radical (unpaired) electrons. The Kier molecular flexibility index (Phi) is 3.28. The van der Waals surface area contributed by atoms with Crippen molar-refractivity contribution >= 4 is 23.5 Å². The molecule has 6 heteroatoms. The van der Waals surface area contributed by atoms with Gasteiger partial charge in [0.25, 0.3) is 5.91 Å². The van der Waals surface area contributed by atoms with Gasteiger partial charge in [-0.3, -0.25) is 14.6 Å². The number of nitrogens with zero attached hydrogens (tertiary/aromatic N) is 2. The van der Waals surface area contributed by atoms with E-state index in [1.54, 1.807) is 0 Å². The van der Waals surface area contributed by atoms with Gasteiger partial charge in [-0.2, -0.15) is 0 Å². The molecule has 1 aliphatic rings. The van der Waals surface area contributed by atoms with Crippen molar-refractivity contribution in [3.8, 4) is 0 Å². The minimum Gasteiger partial charge on any atom is -0.480 e. The van der Waals surface area contributed by atoms with Crippen molar-refractivity contribution in [3.63, 3.8) is 0 Å². The number of pyridine rings is 1. The first kappa shape index (κ1) is 11.9. The molecule has 1 fully saturated rings. The van der Waals surface area contributed by atoms with E-state index in [4.69, 9.17) is 16.7 Å². The van der Waals surface area contributed by atoms with E-state index in [0.29, 0.717) is 5.02 Å². The van der Waals surface area contributed by atoms with E-state index in [-0.39, 0.29) is 24.1 Å². The van der Waals surface area contributed by atoms with Crippen LogP contribution in [-0.2, 0) is 4.79 Å². The Hall–Kier alpha value is -1.62. The minimum atomic E-state index is -1.02. The molecule has 1 saturated carbocycles. The van der Waals surface area contributed by atoms with Crippen LogP contribution in [0.4, 0.5) is 0 Å². The Morgan fingerprint density at radius 2 is 2.24 bits per heavy atom. The third-order valence-electron chi connectivity index (χ3n) is 2.55. The number of rotatable bonds is 4. The Balaban J connectivity index is 2.22. The van der Waals surface area contributed by atoms with Crippen LogP contribution in [0.25, 0.3) is 0 Å². The smallest absolute Gasteiger partial charge is 0.323 e. The number of hydrogen-bond acceptors (Lipinski definition) is 3. The summed E-state index contributed by atoms with van der Waals surface area (Å²) < 4.78 is 0. The number of amides is 1. The number of carbonyl (C=O) groups is 2. The molecule has 90 valence electrons. The minimum absolute atomic E-state index is 0.0230. The van der Waals surface area contributed by atoms with E-state index in [1.165, 1.54) is 23.4 Å². The van der Waals surface area contributed by atoms with Crippen LogP contribution in [-0.4, -0.2) is 39.5 Å². The normalized spacial score (nSPS) is 14.4. The summed E-state index contributed by atoms with van der Waals surface area (Å²) in [5, 5.41) is 9.08. The maximum absolute atomic E-state index is 12.1. The van der Waals surface area contributed by atoms with Crippen molar-refractivity contribution in [1.82, 2.24) is 9.88 Å². The van der Waals surface area contributed by atoms with Crippen molar-refractivity contribution in [1.29, 1.82) is 0 Å². The summed E-state index contributed by atoms with van der Waals surface area (Å²) in [6.07, 6.45) is 4.54. The molecule has 0 atom stereocenters. The molecule has 0 aliphatic heterocycles. The molecule has 0 spiro atoms. The van der Waals surface area contributed by atoms with Crippen molar-refractivity contribution in [2.75, 3.05) is 6.54 Å². The van der Waals surface area contributed by atoms with E-state index in [9.17, 15) is 9.59 Å². The summed E-state index contributed by atoms with van der Waals surface area (Å²) in [7, 11) is 0. The summed E-state index contributed by atoms with van der Waals surface area (Å²) in [6, 6.07) is 1.54. The molecule has 0 saturated heterocycles. The van der Waals surface area contributed by atoms with Crippen LogP contribution in [0, 0.1) is 0 Å². The van der Waals surface area contributed by atoms with Crippen LogP contribution in [0.5, 0.6) is 0 Å². The van der Waals surface area contributed by atoms with Gasteiger partial charge in [-0.1, -0.05) is 11.6 Å². The second-order valence-corrected chi connectivity index (χ2v) is 4.32. The summed E-state index contributed by atoms with van der Waals surface area (Å²) in [6.45, 7) is -0.297. The molecule has 2 rings (SSSR count). The van der Waals surface area contributed by atoms with E-state index < -0.39 is 5.97 Å². The molecule has 1 amide bonds. The van der Waals surface area contributed by atoms with Gasteiger partial charge >= 0.3 is 5.97 Å². The molecular weight excluding hydrogens is 244 g/mol. The Labute approximate surface area is 103 Å². The summed E-state index contributed by atoms with van der Waals surface area (Å²) in [4.78, 5) is 28.0. The van der Waals surface area contributed by atoms with Gasteiger partial charge in [0.05, 0.1) is 10.6 Å². The number of carboxylic acid groups (broad SMARTS) is 1. The maximum Gasteiger partial charge on any atom is 0.323 e. The number of aromatic nitrogens is 1. The zero-order valence-electron chi connectivity index (χ0n) is 8.97. The molecular formula is C11H11ClN2O3. The Morgan fingerprint density at radius 3 is 2.76 bits per heavy atom. The quantitative estimate of drug-likeness (QED) is 0.882. The molecule has 1 aliphatic carbocycles. The van der Waals surface area contributed by atoms with Gasteiger partial charge in [-0.15, -0.1) is 0 Å². The average molecular weight is 255 g/mol. The SMILES string of the molecule is O=C(O)CN(C(=O)c1cnccc1Cl)C1CC1. The first-order valence-corrected chi connectivity index (χ1v) is 5.59. The second-order valence-electron chi connectivity index (χ2n) is 3.91. The lowest BCUT2D eigenvalue weighted by atomic mass is 10.2. The van der Waals surface area contributed by atoms with Crippen molar-refractivity contribution in [3.05, 3.63) is 29.0 Å². The lowest BCUT2D eigenvalue weighted by molar-refractivity contribution is -0.137. The number of halogens is 1. The summed E-state index contributed by atoms with van der Waals surface area (Å²) in [5.41, 5.74) is 0.252. The zero-order chi connectivity index (χ0) is 12.4. The first-order valence-electron chi connectivity index (χ1n) is 5.22. The molecule has 1 heterocycles. The van der Waals surface area contributed by atoms with Crippen molar-refractivity contribution in [2.45, 2.75) is 18.9 Å². The molecule has 0 unspecified atom stereocenters. The summed E-state index contributed by atoms with van der Waals surface area (Å²) >= 11 is 5.89. The largest absolute Gasteiger partial charge is 0.480 e. The molecule has 17 heavy (non-hydrogen) atoms. The van der Waals surface area contributed by atoms with Crippen molar-refractivity contribution in [2.24, 2.45) is 0 Å². The van der Waals surface area contributed by atoms with Gasteiger partial charge in [0.1, 0.15) is 6.54 Å². The average Bonchev–Trinajstić information content (AvgIpc) is 3.09. The lowest BCUT2D eigenvalue weighted by Crippen LogP contribution is -2.37. The summed E-state index contributed by atoms with van der Waals surface area (Å²) in [5.74, 6) is -1.39. The standard InChI is InChI=1S/C11H11ClN2O3/c12-9-3-4-13-5-8(9)11(17)14(6-10(15)16)7-1-2-7/h3-5,7H,1-2,6H2,(H,15,16). The van der Waals surface area contributed by atoms with Gasteiger partial charge < -0.3 is 10.0 Å². The Bertz CT molecular complexity index is 460. The molecule has 5 nitrogen and oxygen atoms in total. The van der Waals surface area contributed by atoms with Crippen molar-refractivity contribution < 1.29 is 14.7 Å². The predicted molar refractivity (Wildman–Crippen MR) is 60.9 cm³/mol. The van der Waals surface area contributed by atoms with Crippen LogP contribution in [0.3, 0.4) is 0 Å². The van der Waals surface area contributed by atoms with E-state index in [1.807, 2.05) is 0 Å². The second kappa shape index (κ2) is 4.71. The fourth-order valence-electron chi connectivity index (χ4n) is 1.59. The number of aliphatic carboxylic acids is 1. The van der Waals surface area contributed by atoms with Gasteiger partial charge in [-0.05, 0) is 18.9 Å². The maximum atomic E-state index is 12.1. The molecule has 0 aromatic carbocycles. The van der Waals surface area contributed by atoms with E-state index in [2.05, 4.69) is 4.98 Å². The topological polar surface area (TPSA) is 70.5 Å². The molecule has 0 bridgehead atoms. The third kappa shape index (κ3) is 2.74. The van der Waals surface area contributed by atoms with Crippen LogP contribution < -0.4 is 0 Å². The van der Waals surface area contributed by atoms with E-state index >= 15 is 0 Å². The third-order valence-corrected chi connectivity index (χ3v) is 2.88. The lowest BCUT2D eigenvalue weighted by Gasteiger charge is -2.20. The van der Waals surface area contributed by atoms with Crippen LogP contribution in [0.1, 0.15) is 23.2 Å². The number of carbonyl (C=O) groups excluding carboxylic acids is 1. The number of hydrogen-bond donors (Lipinski definition) is 1. The molecule has 1 aromatic rings.